The highest BCUT2D eigenvalue weighted by molar-refractivity contribution is 6.09. The first-order valence-electron chi connectivity index (χ1n) is 12.2. The van der Waals surface area contributed by atoms with Gasteiger partial charge in [-0.05, 0) is 69.6 Å². The van der Waals surface area contributed by atoms with Gasteiger partial charge in [0.1, 0.15) is 29.1 Å². The molecule has 9 heteroatoms. The monoisotopic (exact) mass is 479 g/mol. The number of nitrogens with zero attached hydrogens (tertiary/aromatic N) is 2. The summed E-state index contributed by atoms with van der Waals surface area (Å²) in [5.41, 5.74) is 3.23. The van der Waals surface area contributed by atoms with Crippen LogP contribution in [0.4, 0.5) is 4.39 Å². The zero-order valence-corrected chi connectivity index (χ0v) is 20.0. The Morgan fingerprint density at radius 3 is 2.49 bits per heavy atom. The number of hydrogen-bond donors (Lipinski definition) is 3. The van der Waals surface area contributed by atoms with Crippen molar-refractivity contribution < 1.29 is 18.7 Å². The van der Waals surface area contributed by atoms with Crippen LogP contribution in [-0.2, 0) is 4.79 Å². The summed E-state index contributed by atoms with van der Waals surface area (Å²) in [6.07, 6.45) is 6.94. The van der Waals surface area contributed by atoms with Crippen LogP contribution in [0.1, 0.15) is 61.5 Å². The summed E-state index contributed by atoms with van der Waals surface area (Å²) in [6.45, 7) is 3.94. The maximum absolute atomic E-state index is 14.2. The van der Waals surface area contributed by atoms with Gasteiger partial charge in [-0.3, -0.25) is 9.59 Å². The van der Waals surface area contributed by atoms with Gasteiger partial charge in [0.25, 0.3) is 5.91 Å². The van der Waals surface area contributed by atoms with Crippen molar-refractivity contribution >= 4 is 22.8 Å². The molecule has 2 heterocycles. The fourth-order valence-corrected chi connectivity index (χ4v) is 4.84. The molecule has 3 aromatic rings. The summed E-state index contributed by atoms with van der Waals surface area (Å²) >= 11 is 0. The quantitative estimate of drug-likeness (QED) is 0.474. The normalized spacial score (nSPS) is 20.0. The second kappa shape index (κ2) is 9.64. The Balaban J connectivity index is 1.40. The van der Waals surface area contributed by atoms with Crippen LogP contribution in [0, 0.1) is 18.7 Å². The van der Waals surface area contributed by atoms with E-state index in [4.69, 9.17) is 4.74 Å². The van der Waals surface area contributed by atoms with Gasteiger partial charge in [-0.15, -0.1) is 0 Å². The van der Waals surface area contributed by atoms with E-state index in [1.54, 1.807) is 6.07 Å². The van der Waals surface area contributed by atoms with Crippen LogP contribution in [0.2, 0.25) is 0 Å². The van der Waals surface area contributed by atoms with Crippen molar-refractivity contribution in [3.8, 4) is 17.0 Å². The molecule has 8 nitrogen and oxygen atoms in total. The molecule has 184 valence electrons. The minimum atomic E-state index is -0.387. The van der Waals surface area contributed by atoms with Crippen LogP contribution in [0.25, 0.3) is 22.3 Å². The predicted octanol–water partition coefficient (Wildman–Crippen LogP) is 4.04. The van der Waals surface area contributed by atoms with E-state index in [2.05, 4.69) is 25.6 Å². The van der Waals surface area contributed by atoms with E-state index < -0.39 is 0 Å². The van der Waals surface area contributed by atoms with Crippen molar-refractivity contribution in [2.45, 2.75) is 64.5 Å². The van der Waals surface area contributed by atoms with Crippen molar-refractivity contribution in [3.63, 3.8) is 0 Å². The number of rotatable bonds is 7. The molecule has 0 atom stereocenters. The van der Waals surface area contributed by atoms with Gasteiger partial charge in [-0.2, -0.15) is 0 Å². The number of aromatic nitrogens is 3. The summed E-state index contributed by atoms with van der Waals surface area (Å²) in [6, 6.07) is 4.61. The first kappa shape index (κ1) is 23.3. The molecule has 3 N–H and O–H groups in total. The van der Waals surface area contributed by atoms with E-state index in [1.807, 2.05) is 6.92 Å². The van der Waals surface area contributed by atoms with Crippen LogP contribution in [0.5, 0.6) is 5.75 Å². The summed E-state index contributed by atoms with van der Waals surface area (Å²) < 4.78 is 20.2. The number of ether oxygens (including phenoxy) is 1. The maximum atomic E-state index is 14.2. The number of aromatic amines is 1. The smallest absolute Gasteiger partial charge is 0.255 e. The molecule has 2 aromatic heterocycles. The predicted molar refractivity (Wildman–Crippen MR) is 130 cm³/mol. The Kier molecular flexibility index (Phi) is 6.40. The van der Waals surface area contributed by atoms with Crippen molar-refractivity contribution in [2.75, 3.05) is 6.61 Å². The third-order valence-corrected chi connectivity index (χ3v) is 6.84. The summed E-state index contributed by atoms with van der Waals surface area (Å²) in [5.74, 6) is 0.497. The standard InChI is InChI=1S/C26H30FN5O3/c1-14-22(26(34)32-19-8-6-18(7-9-19)31-15(2)33)24-25(30-14)23(28-13-29-24)20-11-17(27)5-10-21(20)35-12-16-3-4-16/h5,10-11,13,16,18-19,30H,3-4,6-9,12H2,1-2H3,(H,31,33)(H,32,34)/t18-,19-. The van der Waals surface area contributed by atoms with Crippen LogP contribution in [0.3, 0.4) is 0 Å². The molecule has 35 heavy (non-hydrogen) atoms. The Hall–Kier alpha value is -3.49. The topological polar surface area (TPSA) is 109 Å². The van der Waals surface area contributed by atoms with Crippen LogP contribution in [-0.4, -0.2) is 45.5 Å². The molecular formula is C26H30FN5O3. The Bertz CT molecular complexity index is 1260. The van der Waals surface area contributed by atoms with E-state index in [0.29, 0.717) is 51.8 Å². The van der Waals surface area contributed by atoms with Gasteiger partial charge in [-0.1, -0.05) is 0 Å². The highest BCUT2D eigenvalue weighted by Crippen LogP contribution is 2.37. The number of hydrogen-bond acceptors (Lipinski definition) is 5. The molecular weight excluding hydrogens is 449 g/mol. The number of fused-ring (bicyclic) bond motifs is 1. The lowest BCUT2D eigenvalue weighted by molar-refractivity contribution is -0.119. The highest BCUT2D eigenvalue weighted by Gasteiger charge is 2.27. The second-order valence-electron chi connectivity index (χ2n) is 9.69. The maximum Gasteiger partial charge on any atom is 0.255 e. The molecule has 2 amide bonds. The highest BCUT2D eigenvalue weighted by atomic mass is 19.1. The number of benzene rings is 1. The largest absolute Gasteiger partial charge is 0.493 e. The van der Waals surface area contributed by atoms with E-state index in [9.17, 15) is 14.0 Å². The summed E-state index contributed by atoms with van der Waals surface area (Å²) in [4.78, 5) is 36.7. The van der Waals surface area contributed by atoms with Gasteiger partial charge in [0.05, 0.1) is 17.7 Å². The van der Waals surface area contributed by atoms with Crippen molar-refractivity contribution in [2.24, 2.45) is 5.92 Å². The first-order chi connectivity index (χ1) is 16.9. The number of H-pyrrole nitrogens is 1. The molecule has 0 radical (unpaired) electrons. The molecule has 1 aromatic carbocycles. The zero-order valence-electron chi connectivity index (χ0n) is 20.0. The third-order valence-electron chi connectivity index (χ3n) is 6.84. The van der Waals surface area contributed by atoms with Gasteiger partial charge in [-0.25, -0.2) is 14.4 Å². The van der Waals surface area contributed by atoms with Crippen LogP contribution in [0.15, 0.2) is 24.5 Å². The average Bonchev–Trinajstić information content (AvgIpc) is 3.58. The van der Waals surface area contributed by atoms with Gasteiger partial charge in [0.2, 0.25) is 5.91 Å². The molecule has 2 saturated carbocycles. The number of carbonyl (C=O) groups excluding carboxylic acids is 2. The van der Waals surface area contributed by atoms with Gasteiger partial charge in [0, 0.05) is 30.3 Å². The number of nitrogens with one attached hydrogen (secondary N) is 3. The van der Waals surface area contributed by atoms with E-state index in [-0.39, 0.29) is 29.7 Å². The van der Waals surface area contributed by atoms with Crippen LogP contribution >= 0.6 is 0 Å². The molecule has 0 spiro atoms. The Morgan fingerprint density at radius 1 is 1.09 bits per heavy atom. The van der Waals surface area contributed by atoms with Crippen molar-refractivity contribution in [3.05, 3.63) is 41.6 Å². The van der Waals surface area contributed by atoms with E-state index in [1.165, 1.54) is 25.4 Å². The lowest BCUT2D eigenvalue weighted by atomic mass is 9.91. The SMILES string of the molecule is CC(=O)N[C@H]1CC[C@H](NC(=O)c2c(C)[nH]c3c(-c4cc(F)ccc4OCC4CC4)ncnc23)CC1. The number of carbonyl (C=O) groups is 2. The van der Waals surface area contributed by atoms with Gasteiger partial charge in [0.15, 0.2) is 0 Å². The van der Waals surface area contributed by atoms with E-state index in [0.717, 1.165) is 38.5 Å². The molecule has 0 bridgehead atoms. The molecule has 5 rings (SSSR count). The van der Waals surface area contributed by atoms with Crippen LogP contribution < -0.4 is 15.4 Å². The third kappa shape index (κ3) is 5.13. The summed E-state index contributed by atoms with van der Waals surface area (Å²) in [5, 5.41) is 6.09. The molecule has 0 saturated heterocycles. The van der Waals surface area contributed by atoms with E-state index >= 15 is 0 Å². The molecule has 2 aliphatic rings. The van der Waals surface area contributed by atoms with Crippen molar-refractivity contribution in [1.29, 1.82) is 0 Å². The Labute approximate surface area is 203 Å². The molecule has 0 unspecified atom stereocenters. The molecule has 0 aliphatic heterocycles. The fraction of sp³-hybridized carbons (Fsp3) is 0.462. The molecule has 2 fully saturated rings. The number of aryl methyl sites for hydroxylation is 1. The lowest BCUT2D eigenvalue weighted by Gasteiger charge is -2.29. The second-order valence-corrected chi connectivity index (χ2v) is 9.69. The molecule has 2 aliphatic carbocycles. The summed E-state index contributed by atoms with van der Waals surface area (Å²) in [7, 11) is 0. The fourth-order valence-electron chi connectivity index (χ4n) is 4.84. The lowest BCUT2D eigenvalue weighted by Crippen LogP contribution is -2.43. The number of halogens is 1. The zero-order chi connectivity index (χ0) is 24.5. The minimum absolute atomic E-state index is 0.0261. The van der Waals surface area contributed by atoms with Crippen molar-refractivity contribution in [1.82, 2.24) is 25.6 Å². The first-order valence-corrected chi connectivity index (χ1v) is 12.2. The average molecular weight is 480 g/mol. The number of amides is 2. The van der Waals surface area contributed by atoms with Gasteiger partial charge < -0.3 is 20.4 Å². The minimum Gasteiger partial charge on any atom is -0.493 e. The van der Waals surface area contributed by atoms with Gasteiger partial charge >= 0.3 is 0 Å². The Morgan fingerprint density at radius 2 is 1.80 bits per heavy atom.